The van der Waals surface area contributed by atoms with Gasteiger partial charge in [0.2, 0.25) is 0 Å². The predicted molar refractivity (Wildman–Crippen MR) is 58.0 cm³/mol. The monoisotopic (exact) mass is 396 g/mol. The molecule has 0 saturated carbocycles. The van der Waals surface area contributed by atoms with E-state index < -0.39 is 36.0 Å². The van der Waals surface area contributed by atoms with Gasteiger partial charge in [-0.25, -0.2) is 4.98 Å². The van der Waals surface area contributed by atoms with E-state index in [9.17, 15) is 26.3 Å². The summed E-state index contributed by atoms with van der Waals surface area (Å²) in [5.74, 6) is -1.41. The summed E-state index contributed by atoms with van der Waals surface area (Å²) < 4.78 is 77.7. The first-order chi connectivity index (χ1) is 8.54. The Labute approximate surface area is 116 Å². The van der Waals surface area contributed by atoms with Crippen LogP contribution in [0.25, 0.3) is 0 Å². The number of pyridine rings is 1. The van der Waals surface area contributed by atoms with Crippen LogP contribution in [0.5, 0.6) is 5.75 Å². The van der Waals surface area contributed by atoms with Crippen molar-refractivity contribution >= 4 is 22.6 Å². The van der Waals surface area contributed by atoms with Crippen LogP contribution in [0.1, 0.15) is 11.3 Å². The Balaban J connectivity index is 3.47. The van der Waals surface area contributed by atoms with E-state index in [1.807, 2.05) is 0 Å². The van der Waals surface area contributed by atoms with E-state index in [2.05, 4.69) is 9.72 Å². The minimum absolute atomic E-state index is 0.143. The predicted octanol–water partition coefficient (Wildman–Crippen LogP) is 3.67. The van der Waals surface area contributed by atoms with Crippen LogP contribution in [0.15, 0.2) is 6.07 Å². The van der Waals surface area contributed by atoms with Gasteiger partial charge in [-0.1, -0.05) is 0 Å². The molecule has 1 heterocycles. The van der Waals surface area contributed by atoms with Gasteiger partial charge in [-0.2, -0.15) is 18.4 Å². The third-order valence-corrected chi connectivity index (χ3v) is 2.34. The molecule has 0 aliphatic heterocycles. The lowest BCUT2D eigenvalue weighted by Gasteiger charge is -2.17. The number of nitriles is 1. The van der Waals surface area contributed by atoms with Gasteiger partial charge in [0.15, 0.2) is 0 Å². The maximum absolute atomic E-state index is 12.7. The lowest BCUT2D eigenvalue weighted by Crippen LogP contribution is -2.22. The molecule has 0 N–H and O–H groups in total. The molecule has 0 spiro atoms. The highest BCUT2D eigenvalue weighted by molar-refractivity contribution is 14.1. The number of aromatic nitrogens is 1. The second kappa shape index (κ2) is 5.40. The fourth-order valence-electron chi connectivity index (χ4n) is 1.25. The van der Waals surface area contributed by atoms with Crippen molar-refractivity contribution in [3.05, 3.63) is 21.0 Å². The molecule has 0 aliphatic rings. The summed E-state index contributed by atoms with van der Waals surface area (Å²) in [5.41, 5.74) is -2.49. The maximum atomic E-state index is 12.7. The van der Waals surface area contributed by atoms with Gasteiger partial charge >= 0.3 is 12.5 Å². The summed E-state index contributed by atoms with van der Waals surface area (Å²) in [6.07, 6.45) is -11.2. The summed E-state index contributed by atoms with van der Waals surface area (Å²) in [5, 5.41) is 8.40. The first kappa shape index (κ1) is 15.8. The average Bonchev–Trinajstić information content (AvgIpc) is 2.11. The Morgan fingerprint density at radius 1 is 1.26 bits per heavy atom. The third kappa shape index (κ3) is 4.41. The maximum Gasteiger partial charge on any atom is 0.573 e. The van der Waals surface area contributed by atoms with Crippen molar-refractivity contribution in [1.29, 1.82) is 5.26 Å². The van der Waals surface area contributed by atoms with Crippen LogP contribution in [-0.2, 0) is 12.6 Å². The molecule has 0 atom stereocenters. The number of hydrogen-bond donors (Lipinski definition) is 0. The zero-order chi connectivity index (χ0) is 14.8. The molecule has 0 bridgehead atoms. The van der Waals surface area contributed by atoms with Crippen molar-refractivity contribution in [2.24, 2.45) is 0 Å². The van der Waals surface area contributed by atoms with Crippen LogP contribution in [0, 0.1) is 15.0 Å². The summed E-state index contributed by atoms with van der Waals surface area (Å²) in [6, 6.07) is 1.92. The molecular weight excluding hydrogens is 393 g/mol. The van der Waals surface area contributed by atoms with E-state index in [1.54, 1.807) is 0 Å². The highest BCUT2D eigenvalue weighted by atomic mass is 127. The second-order valence-corrected chi connectivity index (χ2v) is 4.25. The van der Waals surface area contributed by atoms with Crippen molar-refractivity contribution < 1.29 is 31.1 Å². The van der Waals surface area contributed by atoms with Gasteiger partial charge < -0.3 is 4.74 Å². The fraction of sp³-hybridized carbons (Fsp3) is 0.333. The highest BCUT2D eigenvalue weighted by Gasteiger charge is 2.42. The van der Waals surface area contributed by atoms with Gasteiger partial charge in [-0.3, -0.25) is 0 Å². The summed E-state index contributed by atoms with van der Waals surface area (Å²) in [4.78, 5) is 3.42. The minimum atomic E-state index is -5.27. The smallest absolute Gasteiger partial charge is 0.405 e. The van der Waals surface area contributed by atoms with Crippen molar-refractivity contribution in [1.82, 2.24) is 4.98 Å². The van der Waals surface area contributed by atoms with Crippen LogP contribution < -0.4 is 4.74 Å². The van der Waals surface area contributed by atoms with Crippen LogP contribution in [-0.4, -0.2) is 11.3 Å². The molecule has 1 rings (SSSR count). The van der Waals surface area contributed by atoms with E-state index in [0.29, 0.717) is 6.07 Å². The summed E-state index contributed by atoms with van der Waals surface area (Å²) in [7, 11) is 0. The average molecular weight is 396 g/mol. The Hall–Kier alpha value is -1.25. The molecule has 0 radical (unpaired) electrons. The Bertz CT molecular complexity index is 519. The molecule has 0 unspecified atom stereocenters. The molecule has 1 aromatic rings. The van der Waals surface area contributed by atoms with Crippen molar-refractivity contribution in [3.8, 4) is 11.8 Å². The summed E-state index contributed by atoms with van der Waals surface area (Å²) in [6.45, 7) is 0. The van der Waals surface area contributed by atoms with Crippen LogP contribution in [0.2, 0.25) is 0 Å². The van der Waals surface area contributed by atoms with Crippen LogP contribution in [0.3, 0.4) is 0 Å². The second-order valence-electron chi connectivity index (χ2n) is 3.15. The number of hydrogen-bond acceptors (Lipinski definition) is 3. The van der Waals surface area contributed by atoms with Crippen LogP contribution in [0.4, 0.5) is 26.3 Å². The SMILES string of the molecule is N#CCc1nc(I)cc(OC(F)(F)F)c1C(F)(F)F. The first-order valence-corrected chi connectivity index (χ1v) is 5.52. The third-order valence-electron chi connectivity index (χ3n) is 1.78. The van der Waals surface area contributed by atoms with Gasteiger partial charge in [-0.15, -0.1) is 13.2 Å². The van der Waals surface area contributed by atoms with Gasteiger partial charge in [0.1, 0.15) is 15.0 Å². The van der Waals surface area contributed by atoms with Gasteiger partial charge in [0, 0.05) is 6.07 Å². The topological polar surface area (TPSA) is 45.9 Å². The zero-order valence-electron chi connectivity index (χ0n) is 8.73. The van der Waals surface area contributed by atoms with Crippen molar-refractivity contribution in [2.75, 3.05) is 0 Å². The molecule has 0 aromatic carbocycles. The van der Waals surface area contributed by atoms with Gasteiger partial charge in [-0.05, 0) is 22.6 Å². The standard InChI is InChI=1S/C9H3F6IN2O/c10-8(11,12)7-4(1-2-17)18-6(16)3-5(7)19-9(13,14)15/h3H,1H2. The van der Waals surface area contributed by atoms with Crippen molar-refractivity contribution in [3.63, 3.8) is 0 Å². The molecule has 10 heteroatoms. The first-order valence-electron chi connectivity index (χ1n) is 4.44. The number of alkyl halides is 6. The largest absolute Gasteiger partial charge is 0.573 e. The summed E-state index contributed by atoms with van der Waals surface area (Å²) >= 11 is 1.43. The number of ether oxygens (including phenoxy) is 1. The molecular formula is C9H3F6IN2O. The van der Waals surface area contributed by atoms with Gasteiger partial charge in [0.05, 0.1) is 18.2 Å². The molecule has 1 aromatic heterocycles. The minimum Gasteiger partial charge on any atom is -0.405 e. The number of halogens is 7. The fourth-order valence-corrected chi connectivity index (χ4v) is 1.82. The molecule has 104 valence electrons. The Morgan fingerprint density at radius 2 is 1.84 bits per heavy atom. The van der Waals surface area contributed by atoms with E-state index in [-0.39, 0.29) is 3.70 Å². The molecule has 3 nitrogen and oxygen atoms in total. The zero-order valence-corrected chi connectivity index (χ0v) is 10.9. The Kier molecular flexibility index (Phi) is 4.49. The molecule has 0 amide bonds. The lowest BCUT2D eigenvalue weighted by molar-refractivity contribution is -0.276. The lowest BCUT2D eigenvalue weighted by atomic mass is 10.1. The van der Waals surface area contributed by atoms with E-state index in [4.69, 9.17) is 5.26 Å². The highest BCUT2D eigenvalue weighted by Crippen LogP contribution is 2.40. The quantitative estimate of drug-likeness (QED) is 0.436. The Morgan fingerprint density at radius 3 is 2.26 bits per heavy atom. The van der Waals surface area contributed by atoms with E-state index >= 15 is 0 Å². The number of nitrogens with zero attached hydrogens (tertiary/aromatic N) is 2. The van der Waals surface area contributed by atoms with E-state index in [0.717, 1.165) is 0 Å². The van der Waals surface area contributed by atoms with Gasteiger partial charge in [0.25, 0.3) is 0 Å². The molecule has 0 fully saturated rings. The molecule has 19 heavy (non-hydrogen) atoms. The normalized spacial score (nSPS) is 12.1. The molecule has 0 aliphatic carbocycles. The number of rotatable bonds is 2. The van der Waals surface area contributed by atoms with Crippen molar-refractivity contribution in [2.45, 2.75) is 19.0 Å². The van der Waals surface area contributed by atoms with Crippen LogP contribution >= 0.6 is 22.6 Å². The van der Waals surface area contributed by atoms with E-state index in [1.165, 1.54) is 28.7 Å². The molecule has 0 saturated heterocycles.